The van der Waals surface area contributed by atoms with Crippen molar-refractivity contribution in [3.8, 4) is 17.5 Å². The van der Waals surface area contributed by atoms with Gasteiger partial charge in [-0.05, 0) is 85.1 Å². The number of halogens is 3. The molecule has 0 radical (unpaired) electrons. The second kappa shape index (κ2) is 10.7. The van der Waals surface area contributed by atoms with Crippen LogP contribution in [0.2, 0.25) is 0 Å². The van der Waals surface area contributed by atoms with Crippen LogP contribution >= 0.6 is 0 Å². The molecule has 0 saturated carbocycles. The molecule has 0 spiro atoms. The summed E-state index contributed by atoms with van der Waals surface area (Å²) in [5.74, 6) is 1.56. The number of imidazole rings is 1. The van der Waals surface area contributed by atoms with Gasteiger partial charge in [0.2, 0.25) is 0 Å². The molecule has 1 fully saturated rings. The van der Waals surface area contributed by atoms with Gasteiger partial charge in [0.15, 0.2) is 5.60 Å². The van der Waals surface area contributed by atoms with E-state index in [1.54, 1.807) is 16.7 Å². The van der Waals surface area contributed by atoms with Gasteiger partial charge in [0.05, 0.1) is 12.1 Å². The Balaban J connectivity index is 1.01. The minimum atomic E-state index is -4.69. The number of hydrogen-bond donors (Lipinski definition) is 0. The summed E-state index contributed by atoms with van der Waals surface area (Å²) in [7, 11) is 0. The maximum absolute atomic E-state index is 12.4. The molecule has 0 N–H and O–H groups in total. The van der Waals surface area contributed by atoms with Crippen molar-refractivity contribution >= 4 is 22.5 Å². The van der Waals surface area contributed by atoms with Crippen molar-refractivity contribution < 1.29 is 32.3 Å². The average Bonchev–Trinajstić information content (AvgIpc) is 3.48. The molecular weight excluding hydrogens is 555 g/mol. The van der Waals surface area contributed by atoms with Gasteiger partial charge in [0.25, 0.3) is 0 Å². The molecule has 4 aromatic rings. The van der Waals surface area contributed by atoms with Crippen LogP contribution in [0.3, 0.4) is 0 Å². The first-order chi connectivity index (χ1) is 20.0. The number of anilines is 1. The third-order valence-electron chi connectivity index (χ3n) is 7.57. The van der Waals surface area contributed by atoms with E-state index in [9.17, 15) is 23.3 Å². The number of piperidine rings is 1. The quantitative estimate of drug-likeness (QED) is 0.186. The fourth-order valence-corrected chi connectivity index (χ4v) is 5.48. The molecule has 1 saturated heterocycles. The first kappa shape index (κ1) is 27.6. The van der Waals surface area contributed by atoms with Crippen molar-refractivity contribution in [3.05, 3.63) is 76.5 Å². The van der Waals surface area contributed by atoms with Gasteiger partial charge in [-0.3, -0.25) is 4.57 Å². The van der Waals surface area contributed by atoms with Crippen LogP contribution in [-0.2, 0) is 13.0 Å². The molecule has 2 aromatic heterocycles. The van der Waals surface area contributed by atoms with Gasteiger partial charge >= 0.3 is 18.2 Å². The standard InChI is InChI=1S/C29H28F3N5O5/c1-28(17-36-16-26(37(38)39)34-27(36)42-28)18-40-23-7-8-24-21(15-23)4-9-25(33-24)35-12-10-20(11-13-35)14-19-2-5-22(6-3-19)41-29(30,31)32/h2-9,15-16,20H,10-14,17-18H2,1H3/t28-/m1/s1. The van der Waals surface area contributed by atoms with Crippen molar-refractivity contribution in [2.45, 2.75) is 44.7 Å². The van der Waals surface area contributed by atoms with Crippen molar-refractivity contribution in [1.29, 1.82) is 0 Å². The Morgan fingerprint density at radius 2 is 1.81 bits per heavy atom. The van der Waals surface area contributed by atoms with Crippen LogP contribution in [0.4, 0.5) is 24.8 Å². The fourth-order valence-electron chi connectivity index (χ4n) is 5.48. The molecule has 2 aliphatic rings. The van der Waals surface area contributed by atoms with E-state index in [4.69, 9.17) is 14.5 Å². The summed E-state index contributed by atoms with van der Waals surface area (Å²) in [6, 6.07) is 16.0. The summed E-state index contributed by atoms with van der Waals surface area (Å²) < 4.78 is 54.6. The van der Waals surface area contributed by atoms with Crippen LogP contribution in [0.1, 0.15) is 25.3 Å². The second-order valence-electron chi connectivity index (χ2n) is 11.0. The molecule has 0 aliphatic carbocycles. The molecule has 0 amide bonds. The molecule has 2 aliphatic heterocycles. The summed E-state index contributed by atoms with van der Waals surface area (Å²) in [6.07, 6.45) is -0.600. The number of pyridine rings is 1. The van der Waals surface area contributed by atoms with E-state index in [1.807, 2.05) is 37.3 Å². The smallest absolute Gasteiger partial charge is 0.489 e. The lowest BCUT2D eigenvalue weighted by molar-refractivity contribution is -0.389. The maximum Gasteiger partial charge on any atom is 0.573 e. The van der Waals surface area contributed by atoms with E-state index < -0.39 is 16.9 Å². The molecule has 2 aromatic carbocycles. The van der Waals surface area contributed by atoms with Gasteiger partial charge in [-0.15, -0.1) is 13.2 Å². The van der Waals surface area contributed by atoms with Gasteiger partial charge in [0, 0.05) is 23.5 Å². The van der Waals surface area contributed by atoms with Gasteiger partial charge in [-0.25, -0.2) is 4.98 Å². The Kier molecular flexibility index (Phi) is 7.03. The van der Waals surface area contributed by atoms with Crippen molar-refractivity contribution in [1.82, 2.24) is 14.5 Å². The number of nitro groups is 1. The predicted octanol–water partition coefficient (Wildman–Crippen LogP) is 5.93. The lowest BCUT2D eigenvalue weighted by Gasteiger charge is -2.33. The molecule has 220 valence electrons. The summed E-state index contributed by atoms with van der Waals surface area (Å²) in [6.45, 7) is 4.19. The normalized spacial score (nSPS) is 19.0. The lowest BCUT2D eigenvalue weighted by Crippen LogP contribution is -2.38. The van der Waals surface area contributed by atoms with E-state index >= 15 is 0 Å². The highest BCUT2D eigenvalue weighted by atomic mass is 19.4. The molecule has 42 heavy (non-hydrogen) atoms. The van der Waals surface area contributed by atoms with Gasteiger partial charge in [-0.1, -0.05) is 12.1 Å². The summed E-state index contributed by atoms with van der Waals surface area (Å²) >= 11 is 0. The third kappa shape index (κ3) is 6.19. The minimum Gasteiger partial charge on any atom is -0.489 e. The Hall–Kier alpha value is -4.55. The molecule has 0 unspecified atom stereocenters. The van der Waals surface area contributed by atoms with E-state index in [2.05, 4.69) is 14.6 Å². The number of hydrogen-bond acceptors (Lipinski definition) is 8. The lowest BCUT2D eigenvalue weighted by atomic mass is 9.90. The molecular formula is C29H28F3N5O5. The number of nitrogens with zero attached hydrogens (tertiary/aromatic N) is 5. The molecule has 0 bridgehead atoms. The highest BCUT2D eigenvalue weighted by molar-refractivity contribution is 5.81. The van der Waals surface area contributed by atoms with Crippen molar-refractivity contribution in [3.63, 3.8) is 0 Å². The summed E-state index contributed by atoms with van der Waals surface area (Å²) in [4.78, 5) is 21.4. The van der Waals surface area contributed by atoms with Gasteiger partial charge < -0.3 is 29.2 Å². The van der Waals surface area contributed by atoms with Crippen molar-refractivity contribution in [2.24, 2.45) is 5.92 Å². The number of fused-ring (bicyclic) bond motifs is 2. The Morgan fingerprint density at radius 1 is 1.07 bits per heavy atom. The number of ether oxygens (including phenoxy) is 3. The minimum absolute atomic E-state index is 0.206. The first-order valence-electron chi connectivity index (χ1n) is 13.6. The van der Waals surface area contributed by atoms with Crippen molar-refractivity contribution in [2.75, 3.05) is 24.6 Å². The summed E-state index contributed by atoms with van der Waals surface area (Å²) in [5, 5.41) is 11.9. The fraction of sp³-hybridized carbons (Fsp3) is 0.379. The molecule has 6 rings (SSSR count). The topological polar surface area (TPSA) is 105 Å². The average molecular weight is 584 g/mol. The largest absolute Gasteiger partial charge is 0.573 e. The van der Waals surface area contributed by atoms with Crippen LogP contribution in [0.25, 0.3) is 10.9 Å². The second-order valence-corrected chi connectivity index (χ2v) is 11.0. The Morgan fingerprint density at radius 3 is 2.50 bits per heavy atom. The number of alkyl halides is 3. The number of aromatic nitrogens is 3. The van der Waals surface area contributed by atoms with Crippen LogP contribution in [0.15, 0.2) is 60.8 Å². The van der Waals surface area contributed by atoms with E-state index in [0.717, 1.165) is 54.6 Å². The van der Waals surface area contributed by atoms with Gasteiger partial charge in [0.1, 0.15) is 30.1 Å². The maximum atomic E-state index is 12.4. The Labute approximate surface area is 238 Å². The monoisotopic (exact) mass is 583 g/mol. The zero-order valence-electron chi connectivity index (χ0n) is 22.7. The van der Waals surface area contributed by atoms with Gasteiger partial charge in [-0.2, -0.15) is 0 Å². The number of benzene rings is 2. The third-order valence-corrected chi connectivity index (χ3v) is 7.57. The SMILES string of the molecule is C[C@]1(COc2ccc3nc(N4CCC(Cc5ccc(OC(F)(F)F)cc5)CC4)ccc3c2)Cn2cc([N+](=O)[O-])nc2O1. The highest BCUT2D eigenvalue weighted by Crippen LogP contribution is 2.33. The Bertz CT molecular complexity index is 1580. The van der Waals surface area contributed by atoms with E-state index in [1.165, 1.54) is 18.3 Å². The number of rotatable bonds is 8. The zero-order chi connectivity index (χ0) is 29.5. The van der Waals surface area contributed by atoms with E-state index in [-0.39, 0.29) is 24.2 Å². The molecule has 13 heteroatoms. The van der Waals surface area contributed by atoms with Crippen LogP contribution < -0.4 is 19.1 Å². The highest BCUT2D eigenvalue weighted by Gasteiger charge is 2.41. The molecule has 4 heterocycles. The van der Waals surface area contributed by atoms with Crippen LogP contribution in [0, 0.1) is 16.0 Å². The van der Waals surface area contributed by atoms with Crippen LogP contribution in [0.5, 0.6) is 17.5 Å². The first-order valence-corrected chi connectivity index (χ1v) is 13.6. The zero-order valence-corrected chi connectivity index (χ0v) is 22.7. The predicted molar refractivity (Wildman–Crippen MR) is 147 cm³/mol. The van der Waals surface area contributed by atoms with E-state index in [0.29, 0.717) is 18.2 Å². The molecule has 10 nitrogen and oxygen atoms in total. The molecule has 1 atom stereocenters. The summed E-state index contributed by atoms with van der Waals surface area (Å²) in [5.41, 5.74) is 1.14. The van der Waals surface area contributed by atoms with Crippen LogP contribution in [-0.4, -0.2) is 51.1 Å².